The molecule has 26 heavy (non-hydrogen) atoms. The minimum atomic E-state index is -0.629. The summed E-state index contributed by atoms with van der Waals surface area (Å²) < 4.78 is 13.5. The third kappa shape index (κ3) is 4.04. The molecule has 1 aliphatic rings. The van der Waals surface area contributed by atoms with Crippen molar-refractivity contribution in [1.29, 1.82) is 0 Å². The number of carbonyl (C=O) groups excluding carboxylic acids is 1. The SMILES string of the molecule is CNC(=O)Nc1ccc(NC2CC(c3ccc(O)c(F)c3)NN2)c(C)c1. The fourth-order valence-corrected chi connectivity index (χ4v) is 2.89. The molecule has 0 spiro atoms. The Bertz CT molecular complexity index is 814. The first-order chi connectivity index (χ1) is 12.5. The van der Waals surface area contributed by atoms with Crippen molar-refractivity contribution in [3.63, 3.8) is 0 Å². The molecule has 6 N–H and O–H groups in total. The Morgan fingerprint density at radius 2 is 2.04 bits per heavy atom. The molecule has 0 saturated carbocycles. The van der Waals surface area contributed by atoms with Gasteiger partial charge in [0, 0.05) is 30.9 Å². The highest BCUT2D eigenvalue weighted by molar-refractivity contribution is 5.89. The zero-order chi connectivity index (χ0) is 18.7. The molecule has 2 unspecified atom stereocenters. The number of halogens is 1. The number of amides is 2. The van der Waals surface area contributed by atoms with Crippen LogP contribution in [0.5, 0.6) is 5.75 Å². The molecule has 2 aromatic carbocycles. The fraction of sp³-hybridized carbons (Fsp3) is 0.278. The van der Waals surface area contributed by atoms with Crippen molar-refractivity contribution in [3.05, 3.63) is 53.3 Å². The zero-order valence-corrected chi connectivity index (χ0v) is 14.6. The minimum Gasteiger partial charge on any atom is -0.505 e. The highest BCUT2D eigenvalue weighted by atomic mass is 19.1. The molecule has 2 aromatic rings. The Hall–Kier alpha value is -2.84. The number of urea groups is 1. The van der Waals surface area contributed by atoms with Crippen LogP contribution in [0.15, 0.2) is 36.4 Å². The zero-order valence-electron chi connectivity index (χ0n) is 14.6. The molecule has 0 aromatic heterocycles. The molecule has 1 fully saturated rings. The van der Waals surface area contributed by atoms with Gasteiger partial charge in [0.2, 0.25) is 0 Å². The molecule has 1 heterocycles. The number of hydrogen-bond acceptors (Lipinski definition) is 5. The van der Waals surface area contributed by atoms with Gasteiger partial charge in [-0.15, -0.1) is 0 Å². The number of aryl methyl sites for hydroxylation is 1. The Morgan fingerprint density at radius 1 is 1.23 bits per heavy atom. The smallest absolute Gasteiger partial charge is 0.318 e. The lowest BCUT2D eigenvalue weighted by Gasteiger charge is -2.17. The van der Waals surface area contributed by atoms with E-state index in [0.717, 1.165) is 16.8 Å². The summed E-state index contributed by atoms with van der Waals surface area (Å²) in [6.07, 6.45) is 0.648. The lowest BCUT2D eigenvalue weighted by atomic mass is 10.0. The second-order valence-electron chi connectivity index (χ2n) is 6.22. The first-order valence-corrected chi connectivity index (χ1v) is 8.31. The molecule has 0 radical (unpaired) electrons. The topological polar surface area (TPSA) is 97.5 Å². The van der Waals surface area contributed by atoms with E-state index in [9.17, 15) is 14.3 Å². The molecule has 2 atom stereocenters. The monoisotopic (exact) mass is 359 g/mol. The second-order valence-corrected chi connectivity index (χ2v) is 6.22. The maximum absolute atomic E-state index is 13.5. The summed E-state index contributed by atoms with van der Waals surface area (Å²) in [4.78, 5) is 11.4. The lowest BCUT2D eigenvalue weighted by Crippen LogP contribution is -2.36. The predicted molar refractivity (Wildman–Crippen MR) is 98.4 cm³/mol. The van der Waals surface area contributed by atoms with E-state index < -0.39 is 5.82 Å². The van der Waals surface area contributed by atoms with Crippen molar-refractivity contribution in [2.24, 2.45) is 0 Å². The van der Waals surface area contributed by atoms with Crippen molar-refractivity contribution in [2.75, 3.05) is 17.7 Å². The van der Waals surface area contributed by atoms with Crippen LogP contribution in [0.25, 0.3) is 0 Å². The van der Waals surface area contributed by atoms with Crippen LogP contribution in [0, 0.1) is 12.7 Å². The van der Waals surface area contributed by atoms with Crippen molar-refractivity contribution in [3.8, 4) is 5.75 Å². The molecule has 0 aliphatic carbocycles. The van der Waals surface area contributed by atoms with Crippen molar-refractivity contribution in [1.82, 2.24) is 16.2 Å². The van der Waals surface area contributed by atoms with Crippen LogP contribution in [0.2, 0.25) is 0 Å². The van der Waals surface area contributed by atoms with E-state index in [-0.39, 0.29) is 24.0 Å². The van der Waals surface area contributed by atoms with Crippen LogP contribution in [-0.4, -0.2) is 24.4 Å². The van der Waals surface area contributed by atoms with Gasteiger partial charge in [-0.3, -0.25) is 0 Å². The predicted octanol–water partition coefficient (Wildman–Crippen LogP) is 2.57. The molecular weight excluding hydrogens is 337 g/mol. The number of hydrogen-bond donors (Lipinski definition) is 6. The quantitative estimate of drug-likeness (QED) is 0.504. The van der Waals surface area contributed by atoms with E-state index in [0.29, 0.717) is 12.1 Å². The molecule has 138 valence electrons. The normalized spacial score (nSPS) is 19.2. The molecule has 2 amide bonds. The maximum atomic E-state index is 13.5. The lowest BCUT2D eigenvalue weighted by molar-refractivity contribution is 0.254. The van der Waals surface area contributed by atoms with Gasteiger partial charge in [-0.25, -0.2) is 20.0 Å². The van der Waals surface area contributed by atoms with Gasteiger partial charge in [-0.05, 0) is 48.4 Å². The highest BCUT2D eigenvalue weighted by Gasteiger charge is 2.25. The van der Waals surface area contributed by atoms with Crippen LogP contribution >= 0.6 is 0 Å². The summed E-state index contributed by atoms with van der Waals surface area (Å²) in [7, 11) is 1.56. The highest BCUT2D eigenvalue weighted by Crippen LogP contribution is 2.27. The van der Waals surface area contributed by atoms with Crippen molar-refractivity contribution < 1.29 is 14.3 Å². The Morgan fingerprint density at radius 3 is 2.73 bits per heavy atom. The minimum absolute atomic E-state index is 0.0479. The van der Waals surface area contributed by atoms with Crippen LogP contribution < -0.4 is 26.8 Å². The van der Waals surface area contributed by atoms with E-state index in [2.05, 4.69) is 26.8 Å². The molecule has 0 bridgehead atoms. The maximum Gasteiger partial charge on any atom is 0.318 e. The molecule has 7 nitrogen and oxygen atoms in total. The third-order valence-electron chi connectivity index (χ3n) is 4.32. The second kappa shape index (κ2) is 7.59. The number of anilines is 2. The Kier molecular flexibility index (Phi) is 5.24. The number of hydrazine groups is 1. The summed E-state index contributed by atoms with van der Waals surface area (Å²) in [6, 6.07) is 9.65. The van der Waals surface area contributed by atoms with Crippen LogP contribution in [0.1, 0.15) is 23.6 Å². The molecular formula is C18H22FN5O2. The average Bonchev–Trinajstić information content (AvgIpc) is 3.08. The van der Waals surface area contributed by atoms with Gasteiger partial charge in [0.15, 0.2) is 11.6 Å². The number of benzene rings is 2. The van der Waals surface area contributed by atoms with E-state index in [1.165, 1.54) is 12.1 Å². The number of nitrogens with one attached hydrogen (secondary N) is 5. The standard InChI is InChI=1S/C18H22FN5O2/c1-10-7-12(21-18(26)20-2)4-5-14(10)22-17-9-15(23-24-17)11-3-6-16(25)13(19)8-11/h3-8,15,17,22-25H,9H2,1-2H3,(H2,20,21,26). The summed E-state index contributed by atoms with van der Waals surface area (Å²) in [5.41, 5.74) is 9.67. The van der Waals surface area contributed by atoms with Gasteiger partial charge in [0.05, 0.1) is 6.17 Å². The van der Waals surface area contributed by atoms with Gasteiger partial charge in [-0.1, -0.05) is 6.07 Å². The first-order valence-electron chi connectivity index (χ1n) is 8.31. The third-order valence-corrected chi connectivity index (χ3v) is 4.32. The fourth-order valence-electron chi connectivity index (χ4n) is 2.89. The van der Waals surface area contributed by atoms with Gasteiger partial charge >= 0.3 is 6.03 Å². The van der Waals surface area contributed by atoms with Gasteiger partial charge in [0.1, 0.15) is 0 Å². The summed E-state index contributed by atoms with van der Waals surface area (Å²) in [5.74, 6) is -0.980. The Labute approximate surface area is 151 Å². The van der Waals surface area contributed by atoms with Gasteiger partial charge in [0.25, 0.3) is 0 Å². The van der Waals surface area contributed by atoms with E-state index >= 15 is 0 Å². The summed E-state index contributed by atoms with van der Waals surface area (Å²) >= 11 is 0. The van der Waals surface area contributed by atoms with E-state index in [1.807, 2.05) is 25.1 Å². The summed E-state index contributed by atoms with van der Waals surface area (Å²) in [5, 5.41) is 17.9. The van der Waals surface area contributed by atoms with Crippen molar-refractivity contribution >= 4 is 17.4 Å². The van der Waals surface area contributed by atoms with E-state index in [1.54, 1.807) is 13.1 Å². The molecule has 1 saturated heterocycles. The van der Waals surface area contributed by atoms with Gasteiger partial charge < -0.3 is 21.1 Å². The number of phenolic OH excluding ortho intramolecular Hbond substituents is 1. The molecule has 3 rings (SSSR count). The number of rotatable bonds is 4. The summed E-state index contributed by atoms with van der Waals surface area (Å²) in [6.45, 7) is 1.95. The number of aromatic hydroxyl groups is 1. The van der Waals surface area contributed by atoms with Crippen molar-refractivity contribution in [2.45, 2.75) is 25.6 Å². The molecule has 1 aliphatic heterocycles. The molecule has 8 heteroatoms. The van der Waals surface area contributed by atoms with Crippen LogP contribution in [-0.2, 0) is 0 Å². The first kappa shape index (κ1) is 18.0. The number of carbonyl (C=O) groups is 1. The van der Waals surface area contributed by atoms with E-state index in [4.69, 9.17) is 0 Å². The van der Waals surface area contributed by atoms with Crippen LogP contribution in [0.4, 0.5) is 20.6 Å². The van der Waals surface area contributed by atoms with Gasteiger partial charge in [-0.2, -0.15) is 0 Å². The Balaban J connectivity index is 1.63. The largest absolute Gasteiger partial charge is 0.505 e. The van der Waals surface area contributed by atoms with Crippen LogP contribution in [0.3, 0.4) is 0 Å². The number of phenols is 1. The average molecular weight is 359 g/mol.